The van der Waals surface area contributed by atoms with Gasteiger partial charge in [0, 0.05) is 18.5 Å². The van der Waals surface area contributed by atoms with Crippen LogP contribution in [0.25, 0.3) is 0 Å². The summed E-state index contributed by atoms with van der Waals surface area (Å²) in [5.74, 6) is 1.35. The van der Waals surface area contributed by atoms with E-state index in [1.807, 2.05) is 4.90 Å². The molecule has 0 aromatic carbocycles. The molecule has 0 atom stereocenters. The fraction of sp³-hybridized carbons (Fsp3) is 0.900. The number of carbonyl (C=O) groups excluding carboxylic acids is 1. The zero-order valence-electron chi connectivity index (χ0n) is 8.50. The molecule has 1 amide bonds. The molecule has 0 radical (unpaired) electrons. The minimum absolute atomic E-state index is 0.390. The van der Waals surface area contributed by atoms with E-state index in [0.717, 1.165) is 19.5 Å². The smallest absolute Gasteiger partial charge is 0.209 e. The molecule has 0 saturated carbocycles. The molecule has 1 saturated heterocycles. The normalized spacial score (nSPS) is 21.3. The fourth-order valence-corrected chi connectivity index (χ4v) is 2.18. The third-order valence-electron chi connectivity index (χ3n) is 3.44. The first-order valence-corrected chi connectivity index (χ1v) is 4.72. The van der Waals surface area contributed by atoms with Gasteiger partial charge in [0.15, 0.2) is 0 Å². The molecule has 0 spiro atoms. The van der Waals surface area contributed by atoms with Crippen molar-refractivity contribution in [2.24, 2.45) is 17.3 Å². The van der Waals surface area contributed by atoms with Crippen molar-refractivity contribution < 1.29 is 4.79 Å². The second-order valence-corrected chi connectivity index (χ2v) is 4.55. The predicted molar refractivity (Wildman–Crippen MR) is 49.7 cm³/mol. The van der Waals surface area contributed by atoms with Gasteiger partial charge in [-0.15, -0.1) is 0 Å². The minimum Gasteiger partial charge on any atom is -0.344 e. The summed E-state index contributed by atoms with van der Waals surface area (Å²) in [5, 5.41) is 0. The van der Waals surface area contributed by atoms with Crippen LogP contribution in [0.3, 0.4) is 0 Å². The van der Waals surface area contributed by atoms with Gasteiger partial charge in [-0.3, -0.25) is 4.79 Å². The zero-order valence-corrected chi connectivity index (χ0v) is 8.50. The summed E-state index contributed by atoms with van der Waals surface area (Å²) in [6, 6.07) is 0. The topological polar surface area (TPSA) is 20.3 Å². The van der Waals surface area contributed by atoms with Crippen molar-refractivity contribution in [3.8, 4) is 0 Å². The van der Waals surface area contributed by atoms with Gasteiger partial charge < -0.3 is 4.90 Å². The van der Waals surface area contributed by atoms with Crippen LogP contribution in [0.2, 0.25) is 0 Å². The molecule has 0 aliphatic carbocycles. The molecule has 2 nitrogen and oxygen atoms in total. The molecule has 1 fully saturated rings. The molecule has 0 aromatic rings. The van der Waals surface area contributed by atoms with Crippen LogP contribution in [-0.2, 0) is 4.79 Å². The molecule has 1 aliphatic heterocycles. The fourth-order valence-electron chi connectivity index (χ4n) is 2.18. The molecule has 0 unspecified atom stereocenters. The van der Waals surface area contributed by atoms with Crippen LogP contribution in [0.1, 0.15) is 27.7 Å². The van der Waals surface area contributed by atoms with E-state index in [2.05, 4.69) is 27.7 Å². The highest BCUT2D eigenvalue weighted by Gasteiger charge is 2.46. The zero-order chi connectivity index (χ0) is 9.35. The van der Waals surface area contributed by atoms with E-state index in [-0.39, 0.29) is 0 Å². The number of rotatable bonds is 3. The lowest BCUT2D eigenvalue weighted by molar-refractivity contribution is -0.137. The average Bonchev–Trinajstić information content (AvgIpc) is 1.83. The summed E-state index contributed by atoms with van der Waals surface area (Å²) in [6.45, 7) is 10.9. The van der Waals surface area contributed by atoms with Gasteiger partial charge in [0.25, 0.3) is 0 Å². The van der Waals surface area contributed by atoms with E-state index in [1.54, 1.807) is 0 Å². The van der Waals surface area contributed by atoms with Crippen LogP contribution in [0.4, 0.5) is 0 Å². The summed E-state index contributed by atoms with van der Waals surface area (Å²) >= 11 is 0. The minimum atomic E-state index is 0.390. The molecule has 0 N–H and O–H groups in total. The lowest BCUT2D eigenvalue weighted by Gasteiger charge is -2.54. The molecular formula is C10H19NO. The van der Waals surface area contributed by atoms with Crippen LogP contribution < -0.4 is 0 Å². The van der Waals surface area contributed by atoms with Crippen LogP contribution in [0, 0.1) is 17.3 Å². The van der Waals surface area contributed by atoms with Gasteiger partial charge in [0.2, 0.25) is 6.41 Å². The average molecular weight is 169 g/mol. The Labute approximate surface area is 74.9 Å². The van der Waals surface area contributed by atoms with Gasteiger partial charge in [-0.2, -0.15) is 0 Å². The van der Waals surface area contributed by atoms with Crippen molar-refractivity contribution in [3.05, 3.63) is 0 Å². The quantitative estimate of drug-likeness (QED) is 0.589. The maximum Gasteiger partial charge on any atom is 0.209 e. The van der Waals surface area contributed by atoms with E-state index < -0.39 is 0 Å². The maximum absolute atomic E-state index is 10.4. The van der Waals surface area contributed by atoms with E-state index in [4.69, 9.17) is 0 Å². The molecular weight excluding hydrogens is 150 g/mol. The Hall–Kier alpha value is -0.530. The molecule has 0 aromatic heterocycles. The Morgan fingerprint density at radius 1 is 1.17 bits per heavy atom. The Balaban J connectivity index is 2.62. The first-order chi connectivity index (χ1) is 5.53. The van der Waals surface area contributed by atoms with Crippen molar-refractivity contribution in [3.63, 3.8) is 0 Å². The van der Waals surface area contributed by atoms with E-state index in [0.29, 0.717) is 17.3 Å². The molecule has 2 heteroatoms. The Morgan fingerprint density at radius 2 is 1.58 bits per heavy atom. The number of nitrogens with zero attached hydrogens (tertiary/aromatic N) is 1. The largest absolute Gasteiger partial charge is 0.344 e. The molecule has 1 heterocycles. The summed E-state index contributed by atoms with van der Waals surface area (Å²) in [4.78, 5) is 12.3. The van der Waals surface area contributed by atoms with Crippen molar-refractivity contribution in [2.45, 2.75) is 27.7 Å². The lowest BCUT2D eigenvalue weighted by Crippen LogP contribution is -2.60. The second kappa shape index (κ2) is 3.08. The highest BCUT2D eigenvalue weighted by Crippen LogP contribution is 2.43. The maximum atomic E-state index is 10.4. The Bertz CT molecular complexity index is 159. The number of carbonyl (C=O) groups is 1. The van der Waals surface area contributed by atoms with Gasteiger partial charge in [-0.05, 0) is 11.8 Å². The lowest BCUT2D eigenvalue weighted by atomic mass is 9.64. The number of hydrogen-bond donors (Lipinski definition) is 0. The number of amides is 1. The van der Waals surface area contributed by atoms with Gasteiger partial charge in [0.05, 0.1) is 0 Å². The molecule has 1 rings (SSSR count). The predicted octanol–water partition coefficient (Wildman–Crippen LogP) is 1.76. The highest BCUT2D eigenvalue weighted by molar-refractivity contribution is 5.49. The number of hydrogen-bond acceptors (Lipinski definition) is 1. The van der Waals surface area contributed by atoms with E-state index >= 15 is 0 Å². The summed E-state index contributed by atoms with van der Waals surface area (Å²) in [7, 11) is 0. The van der Waals surface area contributed by atoms with Crippen molar-refractivity contribution in [2.75, 3.05) is 13.1 Å². The van der Waals surface area contributed by atoms with Gasteiger partial charge in [-0.1, -0.05) is 27.7 Å². The summed E-state index contributed by atoms with van der Waals surface area (Å²) in [6.07, 6.45) is 0.961. The van der Waals surface area contributed by atoms with Crippen molar-refractivity contribution in [1.82, 2.24) is 4.90 Å². The monoisotopic (exact) mass is 169 g/mol. The first-order valence-electron chi connectivity index (χ1n) is 4.72. The van der Waals surface area contributed by atoms with Crippen LogP contribution in [0.15, 0.2) is 0 Å². The SMILES string of the molecule is CC(C)C1(C(C)C)CN(C=O)C1. The van der Waals surface area contributed by atoms with E-state index in [9.17, 15) is 4.79 Å². The van der Waals surface area contributed by atoms with Crippen molar-refractivity contribution >= 4 is 6.41 Å². The van der Waals surface area contributed by atoms with Crippen LogP contribution >= 0.6 is 0 Å². The van der Waals surface area contributed by atoms with Gasteiger partial charge in [0.1, 0.15) is 0 Å². The Kier molecular flexibility index (Phi) is 2.45. The third kappa shape index (κ3) is 1.23. The highest BCUT2D eigenvalue weighted by atomic mass is 16.1. The second-order valence-electron chi connectivity index (χ2n) is 4.55. The Morgan fingerprint density at radius 3 is 1.83 bits per heavy atom. The summed E-state index contributed by atoms with van der Waals surface area (Å²) in [5.41, 5.74) is 0.390. The first kappa shape index (κ1) is 9.56. The third-order valence-corrected chi connectivity index (χ3v) is 3.44. The van der Waals surface area contributed by atoms with Crippen LogP contribution in [0.5, 0.6) is 0 Å². The summed E-state index contributed by atoms with van der Waals surface area (Å²) < 4.78 is 0. The standard InChI is InChI=1S/C10H19NO/c1-8(2)10(9(3)4)5-11(6-10)7-12/h7-9H,5-6H2,1-4H3. The van der Waals surface area contributed by atoms with Crippen LogP contribution in [-0.4, -0.2) is 24.4 Å². The molecule has 1 aliphatic rings. The molecule has 0 bridgehead atoms. The molecule has 12 heavy (non-hydrogen) atoms. The van der Waals surface area contributed by atoms with Crippen molar-refractivity contribution in [1.29, 1.82) is 0 Å². The van der Waals surface area contributed by atoms with Gasteiger partial charge >= 0.3 is 0 Å². The molecule has 70 valence electrons. The van der Waals surface area contributed by atoms with Gasteiger partial charge in [-0.25, -0.2) is 0 Å². The number of likely N-dealkylation sites (tertiary alicyclic amines) is 1. The van der Waals surface area contributed by atoms with E-state index in [1.165, 1.54) is 0 Å².